The summed E-state index contributed by atoms with van der Waals surface area (Å²) in [5, 5.41) is 0. The number of ether oxygens (including phenoxy) is 1. The van der Waals surface area contributed by atoms with Crippen molar-refractivity contribution in [2.24, 2.45) is 0 Å². The molecule has 1 aliphatic carbocycles. The Bertz CT molecular complexity index is 327. The van der Waals surface area contributed by atoms with E-state index in [1.54, 1.807) is 7.11 Å². The van der Waals surface area contributed by atoms with Gasteiger partial charge in [0.2, 0.25) is 0 Å². The van der Waals surface area contributed by atoms with Gasteiger partial charge in [-0.15, -0.1) is 0 Å². The highest BCUT2D eigenvalue weighted by atomic mass is 16.5. The Kier molecular flexibility index (Phi) is 4.43. The predicted molar refractivity (Wildman–Crippen MR) is 72.5 cm³/mol. The molecule has 0 heterocycles. The van der Waals surface area contributed by atoms with Gasteiger partial charge in [-0.1, -0.05) is 31.4 Å². The van der Waals surface area contributed by atoms with Crippen molar-refractivity contribution in [1.82, 2.24) is 0 Å². The Balaban J connectivity index is 2.01. The first-order valence-electron chi connectivity index (χ1n) is 6.61. The zero-order chi connectivity index (χ0) is 12.1. The number of benzene rings is 1. The van der Waals surface area contributed by atoms with Crippen molar-refractivity contribution < 1.29 is 4.74 Å². The van der Waals surface area contributed by atoms with Gasteiger partial charge in [0.05, 0.1) is 0 Å². The van der Waals surface area contributed by atoms with Crippen molar-refractivity contribution in [3.8, 4) is 0 Å². The van der Waals surface area contributed by atoms with E-state index in [2.05, 4.69) is 36.2 Å². The topological polar surface area (TPSA) is 12.5 Å². The molecular formula is C15H23NO. The fourth-order valence-electron chi connectivity index (χ4n) is 2.71. The van der Waals surface area contributed by atoms with E-state index in [0.29, 0.717) is 6.73 Å². The highest BCUT2D eigenvalue weighted by molar-refractivity contribution is 5.47. The van der Waals surface area contributed by atoms with Gasteiger partial charge in [-0.05, 0) is 36.5 Å². The smallest absolute Gasteiger partial charge is 0.118 e. The van der Waals surface area contributed by atoms with Gasteiger partial charge in [-0.2, -0.15) is 0 Å². The number of nitrogens with zero attached hydrogens (tertiary/aromatic N) is 1. The summed E-state index contributed by atoms with van der Waals surface area (Å²) in [6, 6.07) is 9.00. The maximum atomic E-state index is 5.13. The van der Waals surface area contributed by atoms with E-state index >= 15 is 0 Å². The average molecular weight is 233 g/mol. The molecule has 0 bridgehead atoms. The molecule has 0 unspecified atom stereocenters. The first-order valence-corrected chi connectivity index (χ1v) is 6.61. The van der Waals surface area contributed by atoms with Crippen LogP contribution in [0.25, 0.3) is 0 Å². The molecule has 17 heavy (non-hydrogen) atoms. The van der Waals surface area contributed by atoms with Gasteiger partial charge >= 0.3 is 0 Å². The molecule has 0 saturated heterocycles. The number of anilines is 1. The summed E-state index contributed by atoms with van der Waals surface area (Å²) in [6.45, 7) is 0.642. The van der Waals surface area contributed by atoms with Gasteiger partial charge in [0, 0.05) is 19.8 Å². The molecule has 0 aliphatic heterocycles. The molecule has 1 fully saturated rings. The molecule has 94 valence electrons. The Morgan fingerprint density at radius 3 is 2.35 bits per heavy atom. The lowest BCUT2D eigenvalue weighted by Gasteiger charge is -2.23. The molecule has 0 N–H and O–H groups in total. The Hall–Kier alpha value is -1.02. The highest BCUT2D eigenvalue weighted by Crippen LogP contribution is 2.33. The molecule has 1 aromatic carbocycles. The predicted octanol–water partition coefficient (Wildman–Crippen LogP) is 3.77. The molecule has 0 amide bonds. The fourth-order valence-corrected chi connectivity index (χ4v) is 2.71. The van der Waals surface area contributed by atoms with Crippen LogP contribution in [-0.2, 0) is 4.74 Å². The second-order valence-corrected chi connectivity index (χ2v) is 5.04. The minimum atomic E-state index is 0.642. The summed E-state index contributed by atoms with van der Waals surface area (Å²) < 4.78 is 5.13. The van der Waals surface area contributed by atoms with Crippen LogP contribution in [0, 0.1) is 0 Å². The molecule has 2 rings (SSSR count). The molecule has 0 radical (unpaired) electrons. The van der Waals surface area contributed by atoms with E-state index in [-0.39, 0.29) is 0 Å². The molecular weight excluding hydrogens is 210 g/mol. The minimum Gasteiger partial charge on any atom is -0.364 e. The summed E-state index contributed by atoms with van der Waals surface area (Å²) in [4.78, 5) is 2.12. The van der Waals surface area contributed by atoms with Gasteiger partial charge in [-0.3, -0.25) is 0 Å². The third kappa shape index (κ3) is 3.22. The molecule has 0 atom stereocenters. The quantitative estimate of drug-likeness (QED) is 0.734. The molecule has 1 aromatic rings. The van der Waals surface area contributed by atoms with Crippen LogP contribution in [0.2, 0.25) is 0 Å². The van der Waals surface area contributed by atoms with E-state index in [4.69, 9.17) is 4.74 Å². The monoisotopic (exact) mass is 233 g/mol. The lowest BCUT2D eigenvalue weighted by atomic mass is 9.84. The Morgan fingerprint density at radius 2 is 1.76 bits per heavy atom. The SMILES string of the molecule is COCN(C)c1ccc(C2CCCCC2)cc1. The van der Waals surface area contributed by atoms with Crippen molar-refractivity contribution in [2.75, 3.05) is 25.8 Å². The molecule has 0 aromatic heterocycles. The van der Waals surface area contributed by atoms with Crippen molar-refractivity contribution >= 4 is 5.69 Å². The molecule has 2 heteroatoms. The normalized spacial score (nSPS) is 17.1. The number of methoxy groups -OCH3 is 1. The van der Waals surface area contributed by atoms with Crippen LogP contribution in [0.4, 0.5) is 5.69 Å². The summed E-state index contributed by atoms with van der Waals surface area (Å²) in [5.74, 6) is 0.797. The summed E-state index contributed by atoms with van der Waals surface area (Å²) in [6.07, 6.45) is 6.96. The van der Waals surface area contributed by atoms with E-state index in [1.807, 2.05) is 0 Å². The third-order valence-electron chi connectivity index (χ3n) is 3.73. The fraction of sp³-hybridized carbons (Fsp3) is 0.600. The number of hydrogen-bond acceptors (Lipinski definition) is 2. The van der Waals surface area contributed by atoms with Crippen molar-refractivity contribution in [2.45, 2.75) is 38.0 Å². The summed E-state index contributed by atoms with van der Waals surface area (Å²) in [7, 11) is 3.78. The van der Waals surface area contributed by atoms with E-state index in [1.165, 1.54) is 43.4 Å². The first-order chi connectivity index (χ1) is 8.31. The lowest BCUT2D eigenvalue weighted by molar-refractivity contribution is 0.202. The largest absolute Gasteiger partial charge is 0.364 e. The van der Waals surface area contributed by atoms with Crippen molar-refractivity contribution in [3.05, 3.63) is 29.8 Å². The summed E-state index contributed by atoms with van der Waals surface area (Å²) in [5.41, 5.74) is 2.74. The van der Waals surface area contributed by atoms with Gasteiger partial charge in [0.25, 0.3) is 0 Å². The van der Waals surface area contributed by atoms with Crippen LogP contribution in [-0.4, -0.2) is 20.9 Å². The summed E-state index contributed by atoms with van der Waals surface area (Å²) >= 11 is 0. The van der Waals surface area contributed by atoms with Gasteiger partial charge < -0.3 is 9.64 Å². The zero-order valence-corrected chi connectivity index (χ0v) is 11.0. The maximum absolute atomic E-state index is 5.13. The average Bonchev–Trinajstić information content (AvgIpc) is 2.40. The van der Waals surface area contributed by atoms with Gasteiger partial charge in [-0.25, -0.2) is 0 Å². The molecule has 1 aliphatic rings. The van der Waals surface area contributed by atoms with Crippen LogP contribution in [0.3, 0.4) is 0 Å². The van der Waals surface area contributed by atoms with Crippen molar-refractivity contribution in [3.63, 3.8) is 0 Å². The Labute approximate surface area is 105 Å². The maximum Gasteiger partial charge on any atom is 0.118 e. The van der Waals surface area contributed by atoms with Gasteiger partial charge in [0.15, 0.2) is 0 Å². The minimum absolute atomic E-state index is 0.642. The zero-order valence-electron chi connectivity index (χ0n) is 11.0. The van der Waals surface area contributed by atoms with Gasteiger partial charge in [0.1, 0.15) is 6.73 Å². The molecule has 1 saturated carbocycles. The third-order valence-corrected chi connectivity index (χ3v) is 3.73. The van der Waals surface area contributed by atoms with Crippen LogP contribution >= 0.6 is 0 Å². The first kappa shape index (κ1) is 12.4. The van der Waals surface area contributed by atoms with Crippen molar-refractivity contribution in [1.29, 1.82) is 0 Å². The lowest BCUT2D eigenvalue weighted by Crippen LogP contribution is -2.19. The van der Waals surface area contributed by atoms with E-state index in [0.717, 1.165) is 5.92 Å². The van der Waals surface area contributed by atoms with Crippen LogP contribution < -0.4 is 4.90 Å². The van der Waals surface area contributed by atoms with Crippen LogP contribution in [0.5, 0.6) is 0 Å². The van der Waals surface area contributed by atoms with Crippen LogP contribution in [0.1, 0.15) is 43.6 Å². The standard InChI is InChI=1S/C15H23NO/c1-16(12-17-2)15-10-8-14(9-11-15)13-6-4-3-5-7-13/h8-11,13H,3-7,12H2,1-2H3. The molecule has 0 spiro atoms. The Morgan fingerprint density at radius 1 is 1.12 bits per heavy atom. The van der Waals surface area contributed by atoms with E-state index in [9.17, 15) is 0 Å². The second-order valence-electron chi connectivity index (χ2n) is 5.04. The van der Waals surface area contributed by atoms with Crippen LogP contribution in [0.15, 0.2) is 24.3 Å². The van der Waals surface area contributed by atoms with E-state index < -0.39 is 0 Å². The second kappa shape index (κ2) is 6.06. The number of hydrogen-bond donors (Lipinski definition) is 0. The number of rotatable bonds is 4. The highest BCUT2D eigenvalue weighted by Gasteiger charge is 2.15. The molecule has 2 nitrogen and oxygen atoms in total.